The summed E-state index contributed by atoms with van der Waals surface area (Å²) in [6.45, 7) is 3.54. The van der Waals surface area contributed by atoms with Crippen molar-refractivity contribution in [3.63, 3.8) is 0 Å². The minimum Gasteiger partial charge on any atom is -0.497 e. The largest absolute Gasteiger partial charge is 0.497 e. The third-order valence-electron chi connectivity index (χ3n) is 4.54. The standard InChI is InChI=1S/C21H25N3O4/c1-3-28-18-9-7-17(8-10-18)24-14-15(11-20(24)25)13-22-21(26)23-16-5-4-6-19(12-16)27-2/h4-10,12,15H,3,11,13-14H2,1-2H3,(H2,22,23,26)/t15-/m0/s1. The van der Waals surface area contributed by atoms with Crippen LogP contribution in [0.25, 0.3) is 0 Å². The predicted octanol–water partition coefficient (Wildman–Crippen LogP) is 3.27. The Morgan fingerprint density at radius 2 is 1.96 bits per heavy atom. The van der Waals surface area contributed by atoms with Crippen LogP contribution >= 0.6 is 0 Å². The summed E-state index contributed by atoms with van der Waals surface area (Å²) in [5.74, 6) is 1.58. The number of amides is 3. The second-order valence-corrected chi connectivity index (χ2v) is 6.57. The van der Waals surface area contributed by atoms with Crippen molar-refractivity contribution in [1.82, 2.24) is 5.32 Å². The van der Waals surface area contributed by atoms with Crippen LogP contribution in [0.3, 0.4) is 0 Å². The van der Waals surface area contributed by atoms with Crippen molar-refractivity contribution in [1.29, 1.82) is 0 Å². The fourth-order valence-electron chi connectivity index (χ4n) is 3.17. The Kier molecular flexibility index (Phi) is 6.37. The number of anilines is 2. The van der Waals surface area contributed by atoms with Gasteiger partial charge < -0.3 is 25.0 Å². The molecule has 7 heteroatoms. The Bertz CT molecular complexity index is 823. The number of carbonyl (C=O) groups excluding carboxylic acids is 2. The number of urea groups is 1. The maximum atomic E-state index is 12.4. The molecule has 1 fully saturated rings. The second kappa shape index (κ2) is 9.12. The molecule has 1 aliphatic rings. The van der Waals surface area contributed by atoms with Gasteiger partial charge >= 0.3 is 6.03 Å². The fourth-order valence-corrected chi connectivity index (χ4v) is 3.17. The van der Waals surface area contributed by atoms with Crippen LogP contribution in [0.5, 0.6) is 11.5 Å². The predicted molar refractivity (Wildman–Crippen MR) is 108 cm³/mol. The van der Waals surface area contributed by atoms with Gasteiger partial charge in [-0.25, -0.2) is 4.79 Å². The minimum absolute atomic E-state index is 0.0594. The number of carbonyl (C=O) groups is 2. The van der Waals surface area contributed by atoms with E-state index in [1.165, 1.54) is 0 Å². The quantitative estimate of drug-likeness (QED) is 0.769. The van der Waals surface area contributed by atoms with Gasteiger partial charge in [0.2, 0.25) is 5.91 Å². The first-order chi connectivity index (χ1) is 13.6. The van der Waals surface area contributed by atoms with E-state index in [-0.39, 0.29) is 17.9 Å². The topological polar surface area (TPSA) is 79.9 Å². The summed E-state index contributed by atoms with van der Waals surface area (Å²) in [6, 6.07) is 14.3. The Morgan fingerprint density at radius 1 is 1.18 bits per heavy atom. The summed E-state index contributed by atoms with van der Waals surface area (Å²) < 4.78 is 10.6. The molecule has 0 radical (unpaired) electrons. The lowest BCUT2D eigenvalue weighted by Crippen LogP contribution is -2.34. The smallest absolute Gasteiger partial charge is 0.319 e. The monoisotopic (exact) mass is 383 g/mol. The number of hydrogen-bond donors (Lipinski definition) is 2. The van der Waals surface area contributed by atoms with Crippen molar-refractivity contribution >= 4 is 23.3 Å². The molecule has 1 saturated heterocycles. The zero-order valence-corrected chi connectivity index (χ0v) is 16.1. The van der Waals surface area contributed by atoms with Crippen LogP contribution < -0.4 is 25.0 Å². The summed E-state index contributed by atoms with van der Waals surface area (Å²) in [7, 11) is 1.58. The molecule has 2 aromatic carbocycles. The zero-order valence-electron chi connectivity index (χ0n) is 16.1. The lowest BCUT2D eigenvalue weighted by atomic mass is 10.1. The number of rotatable bonds is 7. The number of benzene rings is 2. The highest BCUT2D eigenvalue weighted by Gasteiger charge is 2.30. The molecule has 3 amide bonds. The van der Waals surface area contributed by atoms with Crippen LogP contribution in [0.1, 0.15) is 13.3 Å². The van der Waals surface area contributed by atoms with Crippen molar-refractivity contribution in [2.45, 2.75) is 13.3 Å². The van der Waals surface area contributed by atoms with Gasteiger partial charge in [0.15, 0.2) is 0 Å². The summed E-state index contributed by atoms with van der Waals surface area (Å²) in [6.07, 6.45) is 0.409. The molecular formula is C21H25N3O4. The molecule has 28 heavy (non-hydrogen) atoms. The first-order valence-corrected chi connectivity index (χ1v) is 9.31. The van der Waals surface area contributed by atoms with E-state index in [4.69, 9.17) is 9.47 Å². The van der Waals surface area contributed by atoms with Crippen LogP contribution in [0.15, 0.2) is 48.5 Å². The van der Waals surface area contributed by atoms with E-state index in [9.17, 15) is 9.59 Å². The van der Waals surface area contributed by atoms with E-state index in [0.29, 0.717) is 37.6 Å². The molecule has 0 aromatic heterocycles. The van der Waals surface area contributed by atoms with Crippen LogP contribution in [-0.2, 0) is 4.79 Å². The first kappa shape index (κ1) is 19.5. The number of methoxy groups -OCH3 is 1. The van der Waals surface area contributed by atoms with Gasteiger partial charge in [-0.3, -0.25) is 4.79 Å². The summed E-state index contributed by atoms with van der Waals surface area (Å²) >= 11 is 0. The number of nitrogens with zero attached hydrogens (tertiary/aromatic N) is 1. The first-order valence-electron chi connectivity index (χ1n) is 9.31. The van der Waals surface area contributed by atoms with E-state index in [1.54, 1.807) is 30.2 Å². The van der Waals surface area contributed by atoms with Gasteiger partial charge in [0.05, 0.1) is 13.7 Å². The third kappa shape index (κ3) is 4.94. The molecule has 0 spiro atoms. The molecule has 2 aromatic rings. The molecule has 1 atom stereocenters. The van der Waals surface area contributed by atoms with Crippen LogP contribution in [-0.4, -0.2) is 38.7 Å². The molecule has 0 saturated carbocycles. The van der Waals surface area contributed by atoms with Gasteiger partial charge in [-0.1, -0.05) is 6.07 Å². The van der Waals surface area contributed by atoms with Crippen molar-refractivity contribution in [3.8, 4) is 11.5 Å². The van der Waals surface area contributed by atoms with Gasteiger partial charge in [-0.15, -0.1) is 0 Å². The Hall–Kier alpha value is -3.22. The molecule has 0 bridgehead atoms. The average Bonchev–Trinajstić information content (AvgIpc) is 3.08. The molecule has 1 heterocycles. The molecule has 0 aliphatic carbocycles. The molecule has 2 N–H and O–H groups in total. The van der Waals surface area contributed by atoms with E-state index in [1.807, 2.05) is 37.3 Å². The van der Waals surface area contributed by atoms with Gasteiger partial charge in [0.1, 0.15) is 11.5 Å². The average molecular weight is 383 g/mol. The van der Waals surface area contributed by atoms with E-state index < -0.39 is 0 Å². The lowest BCUT2D eigenvalue weighted by molar-refractivity contribution is -0.117. The SMILES string of the molecule is CCOc1ccc(N2C[C@H](CNC(=O)Nc3cccc(OC)c3)CC2=O)cc1. The van der Waals surface area contributed by atoms with E-state index in [2.05, 4.69) is 10.6 Å². The normalized spacial score (nSPS) is 16.0. The van der Waals surface area contributed by atoms with E-state index >= 15 is 0 Å². The van der Waals surface area contributed by atoms with Crippen LogP contribution in [0.4, 0.5) is 16.2 Å². The van der Waals surface area contributed by atoms with Crippen molar-refractivity contribution in [2.75, 3.05) is 37.0 Å². The summed E-state index contributed by atoms with van der Waals surface area (Å²) in [5, 5.41) is 5.61. The highest BCUT2D eigenvalue weighted by molar-refractivity contribution is 5.96. The lowest BCUT2D eigenvalue weighted by Gasteiger charge is -2.17. The maximum Gasteiger partial charge on any atom is 0.319 e. The Labute approximate surface area is 164 Å². The Balaban J connectivity index is 1.50. The van der Waals surface area contributed by atoms with Crippen molar-refractivity contribution in [3.05, 3.63) is 48.5 Å². The fraction of sp³-hybridized carbons (Fsp3) is 0.333. The minimum atomic E-state index is -0.305. The van der Waals surface area contributed by atoms with Crippen molar-refractivity contribution < 1.29 is 19.1 Å². The van der Waals surface area contributed by atoms with Gasteiger partial charge in [-0.05, 0) is 43.3 Å². The zero-order chi connectivity index (χ0) is 19.9. The summed E-state index contributed by atoms with van der Waals surface area (Å²) in [5.41, 5.74) is 1.49. The van der Waals surface area contributed by atoms with Gasteiger partial charge in [0, 0.05) is 42.9 Å². The van der Waals surface area contributed by atoms with Crippen LogP contribution in [0.2, 0.25) is 0 Å². The third-order valence-corrected chi connectivity index (χ3v) is 4.54. The second-order valence-electron chi connectivity index (χ2n) is 6.57. The highest BCUT2D eigenvalue weighted by Crippen LogP contribution is 2.26. The number of ether oxygens (including phenoxy) is 2. The maximum absolute atomic E-state index is 12.4. The summed E-state index contributed by atoms with van der Waals surface area (Å²) in [4.78, 5) is 26.2. The number of hydrogen-bond acceptors (Lipinski definition) is 4. The van der Waals surface area contributed by atoms with Crippen molar-refractivity contribution in [2.24, 2.45) is 5.92 Å². The highest BCUT2D eigenvalue weighted by atomic mass is 16.5. The van der Waals surface area contributed by atoms with Gasteiger partial charge in [0.25, 0.3) is 0 Å². The molecule has 1 aliphatic heterocycles. The molecule has 7 nitrogen and oxygen atoms in total. The van der Waals surface area contributed by atoms with Crippen LogP contribution in [0, 0.1) is 5.92 Å². The molecule has 0 unspecified atom stereocenters. The number of nitrogens with one attached hydrogen (secondary N) is 2. The molecule has 3 rings (SSSR count). The van der Waals surface area contributed by atoms with Gasteiger partial charge in [-0.2, -0.15) is 0 Å². The molecule has 148 valence electrons. The molecular weight excluding hydrogens is 358 g/mol. The Morgan fingerprint density at radius 3 is 2.68 bits per heavy atom. The van der Waals surface area contributed by atoms with E-state index in [0.717, 1.165) is 11.4 Å².